The third-order valence-corrected chi connectivity index (χ3v) is 5.01. The number of hydrogen-bond acceptors (Lipinski definition) is 2. The Morgan fingerprint density at radius 1 is 1.25 bits per heavy atom. The van der Waals surface area contributed by atoms with Crippen molar-refractivity contribution >= 4 is 22.6 Å². The molecule has 1 atom stereocenters. The molecular weight excluding hydrogens is 363 g/mol. The maximum atomic E-state index is 10.4. The molecule has 1 aliphatic rings. The minimum atomic E-state index is -0.477. The van der Waals surface area contributed by atoms with Crippen LogP contribution in [0, 0.1) is 3.57 Å². The molecule has 4 heteroatoms. The fourth-order valence-corrected chi connectivity index (χ4v) is 3.66. The molecule has 3 nitrogen and oxygen atoms in total. The van der Waals surface area contributed by atoms with Gasteiger partial charge in [0.25, 0.3) is 0 Å². The second kappa shape index (κ2) is 6.26. The molecule has 0 aliphatic heterocycles. The standard InChI is InChI=1S/C16H19IN2O/c17-15-8-4-3-7-14(15)16(20)11-12-9-10-19(18-12)13-5-1-2-6-13/h3-4,7-10,13,16,20H,1-2,5-6,11H2. The minimum absolute atomic E-state index is 0.477. The van der Waals surface area contributed by atoms with Gasteiger partial charge in [-0.3, -0.25) is 4.68 Å². The van der Waals surface area contributed by atoms with Gasteiger partial charge in [-0.1, -0.05) is 31.0 Å². The lowest BCUT2D eigenvalue weighted by molar-refractivity contribution is 0.176. The summed E-state index contributed by atoms with van der Waals surface area (Å²) in [4.78, 5) is 0. The van der Waals surface area contributed by atoms with E-state index in [-0.39, 0.29) is 0 Å². The van der Waals surface area contributed by atoms with Gasteiger partial charge in [-0.15, -0.1) is 0 Å². The Balaban J connectivity index is 1.70. The van der Waals surface area contributed by atoms with Gasteiger partial charge < -0.3 is 5.11 Å². The number of halogens is 1. The van der Waals surface area contributed by atoms with E-state index in [2.05, 4.69) is 38.6 Å². The average molecular weight is 382 g/mol. The van der Waals surface area contributed by atoms with Crippen LogP contribution in [-0.4, -0.2) is 14.9 Å². The van der Waals surface area contributed by atoms with Crippen molar-refractivity contribution < 1.29 is 5.11 Å². The molecule has 1 aliphatic carbocycles. The highest BCUT2D eigenvalue weighted by molar-refractivity contribution is 14.1. The predicted molar refractivity (Wildman–Crippen MR) is 87.6 cm³/mol. The van der Waals surface area contributed by atoms with Gasteiger partial charge in [-0.25, -0.2) is 0 Å². The highest BCUT2D eigenvalue weighted by Gasteiger charge is 2.19. The van der Waals surface area contributed by atoms with Gasteiger partial charge in [-0.2, -0.15) is 5.10 Å². The van der Waals surface area contributed by atoms with Crippen molar-refractivity contribution in [1.82, 2.24) is 9.78 Å². The van der Waals surface area contributed by atoms with Crippen LogP contribution in [0.2, 0.25) is 0 Å². The van der Waals surface area contributed by atoms with E-state index in [0.29, 0.717) is 12.5 Å². The van der Waals surface area contributed by atoms with Crippen molar-refractivity contribution in [1.29, 1.82) is 0 Å². The Labute approximate surface area is 133 Å². The average Bonchev–Trinajstić information content (AvgIpc) is 3.09. The van der Waals surface area contributed by atoms with Crippen molar-refractivity contribution in [2.24, 2.45) is 0 Å². The second-order valence-corrected chi connectivity index (χ2v) is 6.63. The number of benzene rings is 1. The van der Waals surface area contributed by atoms with Crippen LogP contribution in [0.4, 0.5) is 0 Å². The lowest BCUT2D eigenvalue weighted by Gasteiger charge is -2.12. The summed E-state index contributed by atoms with van der Waals surface area (Å²) in [5.74, 6) is 0. The van der Waals surface area contributed by atoms with Crippen LogP contribution >= 0.6 is 22.6 Å². The molecule has 106 valence electrons. The quantitative estimate of drug-likeness (QED) is 0.816. The summed E-state index contributed by atoms with van der Waals surface area (Å²) < 4.78 is 3.19. The summed E-state index contributed by atoms with van der Waals surface area (Å²) in [7, 11) is 0. The van der Waals surface area contributed by atoms with E-state index in [1.807, 2.05) is 30.3 Å². The Morgan fingerprint density at radius 2 is 2.00 bits per heavy atom. The zero-order valence-electron chi connectivity index (χ0n) is 11.4. The van der Waals surface area contributed by atoms with Gasteiger partial charge in [-0.05, 0) is 53.1 Å². The zero-order chi connectivity index (χ0) is 13.9. The molecule has 0 spiro atoms. The maximum absolute atomic E-state index is 10.4. The number of nitrogens with zero attached hydrogens (tertiary/aromatic N) is 2. The molecule has 3 rings (SSSR count). The van der Waals surface area contributed by atoms with Crippen LogP contribution < -0.4 is 0 Å². The Hall–Kier alpha value is -0.880. The van der Waals surface area contributed by atoms with Gasteiger partial charge in [0, 0.05) is 16.2 Å². The van der Waals surface area contributed by atoms with Gasteiger partial charge in [0.05, 0.1) is 17.8 Å². The molecule has 1 aromatic carbocycles. The highest BCUT2D eigenvalue weighted by Crippen LogP contribution is 2.29. The number of aliphatic hydroxyl groups excluding tert-OH is 1. The van der Waals surface area contributed by atoms with Gasteiger partial charge in [0.2, 0.25) is 0 Å². The highest BCUT2D eigenvalue weighted by atomic mass is 127. The Morgan fingerprint density at radius 3 is 2.75 bits per heavy atom. The number of aromatic nitrogens is 2. The van der Waals surface area contributed by atoms with E-state index >= 15 is 0 Å². The van der Waals surface area contributed by atoms with Crippen LogP contribution in [0.3, 0.4) is 0 Å². The minimum Gasteiger partial charge on any atom is -0.388 e. The van der Waals surface area contributed by atoms with Crippen LogP contribution in [0.1, 0.15) is 49.1 Å². The number of hydrogen-bond donors (Lipinski definition) is 1. The predicted octanol–water partition coefficient (Wildman–Crippen LogP) is 3.88. The summed E-state index contributed by atoms with van der Waals surface area (Å²) in [6, 6.07) is 10.6. The first-order valence-electron chi connectivity index (χ1n) is 7.20. The molecule has 20 heavy (non-hydrogen) atoms. The van der Waals surface area contributed by atoms with Crippen molar-refractivity contribution in [2.75, 3.05) is 0 Å². The second-order valence-electron chi connectivity index (χ2n) is 5.47. The van der Waals surface area contributed by atoms with E-state index in [9.17, 15) is 5.11 Å². The van der Waals surface area contributed by atoms with Crippen LogP contribution in [0.25, 0.3) is 0 Å². The molecule has 2 aromatic rings. The monoisotopic (exact) mass is 382 g/mol. The summed E-state index contributed by atoms with van der Waals surface area (Å²) >= 11 is 2.27. The van der Waals surface area contributed by atoms with Gasteiger partial charge in [0.15, 0.2) is 0 Å². The molecule has 0 bridgehead atoms. The normalized spacial score (nSPS) is 17.5. The summed E-state index contributed by atoms with van der Waals surface area (Å²) in [6.45, 7) is 0. The maximum Gasteiger partial charge on any atom is 0.0856 e. The summed E-state index contributed by atoms with van der Waals surface area (Å²) in [5, 5.41) is 15.0. The molecule has 1 saturated carbocycles. The third-order valence-electron chi connectivity index (χ3n) is 4.03. The SMILES string of the molecule is OC(Cc1ccn(C2CCCC2)n1)c1ccccc1I. The molecule has 1 N–H and O–H groups in total. The molecule has 1 unspecified atom stereocenters. The Bertz CT molecular complexity index is 575. The van der Waals surface area contributed by atoms with Crippen molar-refractivity contribution in [3.63, 3.8) is 0 Å². The smallest absolute Gasteiger partial charge is 0.0856 e. The molecule has 0 radical (unpaired) electrons. The first-order chi connectivity index (χ1) is 9.74. The lowest BCUT2D eigenvalue weighted by atomic mass is 10.1. The molecule has 0 saturated heterocycles. The van der Waals surface area contributed by atoms with Crippen molar-refractivity contribution in [3.8, 4) is 0 Å². The fraction of sp³-hybridized carbons (Fsp3) is 0.438. The van der Waals surface area contributed by atoms with E-state index in [1.54, 1.807) is 0 Å². The first kappa shape index (κ1) is 14.1. The number of rotatable bonds is 4. The topological polar surface area (TPSA) is 38.0 Å². The molecule has 1 aromatic heterocycles. The first-order valence-corrected chi connectivity index (χ1v) is 8.28. The summed E-state index contributed by atoms with van der Waals surface area (Å²) in [5.41, 5.74) is 1.97. The number of aliphatic hydroxyl groups is 1. The lowest BCUT2D eigenvalue weighted by Crippen LogP contribution is -2.08. The zero-order valence-corrected chi connectivity index (χ0v) is 13.5. The van der Waals surface area contributed by atoms with Crippen LogP contribution in [0.15, 0.2) is 36.5 Å². The van der Waals surface area contributed by atoms with Crippen molar-refractivity contribution in [3.05, 3.63) is 51.4 Å². The largest absolute Gasteiger partial charge is 0.388 e. The van der Waals surface area contributed by atoms with E-state index in [4.69, 9.17) is 0 Å². The fourth-order valence-electron chi connectivity index (χ4n) is 2.91. The molecular formula is C16H19IN2O. The third kappa shape index (κ3) is 3.06. The van der Waals surface area contributed by atoms with E-state index in [0.717, 1.165) is 14.8 Å². The molecule has 0 amide bonds. The van der Waals surface area contributed by atoms with E-state index < -0.39 is 6.10 Å². The molecule has 1 fully saturated rings. The van der Waals surface area contributed by atoms with Crippen LogP contribution in [-0.2, 0) is 6.42 Å². The van der Waals surface area contributed by atoms with Crippen LogP contribution in [0.5, 0.6) is 0 Å². The van der Waals surface area contributed by atoms with Crippen molar-refractivity contribution in [2.45, 2.75) is 44.2 Å². The van der Waals surface area contributed by atoms with E-state index in [1.165, 1.54) is 25.7 Å². The van der Waals surface area contributed by atoms with Gasteiger partial charge >= 0.3 is 0 Å². The Kier molecular flexibility index (Phi) is 4.41. The summed E-state index contributed by atoms with van der Waals surface area (Å²) in [6.07, 6.45) is 7.26. The van der Waals surface area contributed by atoms with Gasteiger partial charge in [0.1, 0.15) is 0 Å². The molecule has 1 heterocycles.